The van der Waals surface area contributed by atoms with Crippen molar-refractivity contribution >= 4 is 22.3 Å². The maximum atomic E-state index is 11.2. The van der Waals surface area contributed by atoms with Crippen molar-refractivity contribution in [2.75, 3.05) is 25.0 Å². The first-order chi connectivity index (χ1) is 10.2. The predicted octanol–water partition coefficient (Wildman–Crippen LogP) is 2.33. The van der Waals surface area contributed by atoms with E-state index in [1.807, 2.05) is 19.2 Å². The van der Waals surface area contributed by atoms with E-state index in [0.717, 1.165) is 37.0 Å². The molecule has 0 amide bonds. The maximum Gasteiger partial charge on any atom is 0.295 e. The summed E-state index contributed by atoms with van der Waals surface area (Å²) in [6, 6.07) is 7.54. The van der Waals surface area contributed by atoms with Crippen molar-refractivity contribution in [2.24, 2.45) is 0 Å². The quantitative estimate of drug-likeness (QED) is 0.690. The number of hydrogen-bond donors (Lipinski definition) is 1. The Morgan fingerprint density at radius 3 is 3.10 bits per heavy atom. The van der Waals surface area contributed by atoms with Crippen molar-refractivity contribution < 1.29 is 4.92 Å². The number of nitro groups is 1. The Morgan fingerprint density at radius 1 is 1.48 bits per heavy atom. The van der Waals surface area contributed by atoms with Crippen LogP contribution in [0.25, 0.3) is 10.9 Å². The zero-order valence-electron chi connectivity index (χ0n) is 12.0. The molecular formula is C15H18N4O2. The fourth-order valence-electron chi connectivity index (χ4n) is 3.14. The lowest BCUT2D eigenvalue weighted by molar-refractivity contribution is -0.383. The second kappa shape index (κ2) is 5.65. The van der Waals surface area contributed by atoms with Crippen LogP contribution >= 0.6 is 0 Å². The number of benzene rings is 1. The van der Waals surface area contributed by atoms with E-state index in [9.17, 15) is 10.1 Å². The molecule has 2 heterocycles. The number of hydrogen-bond acceptors (Lipinski definition) is 5. The number of rotatable bonds is 4. The van der Waals surface area contributed by atoms with Crippen LogP contribution in [0.1, 0.15) is 12.8 Å². The largest absolute Gasteiger partial charge is 0.367 e. The van der Waals surface area contributed by atoms with Gasteiger partial charge in [0.25, 0.3) is 5.69 Å². The van der Waals surface area contributed by atoms with Gasteiger partial charge < -0.3 is 10.2 Å². The normalized spacial score (nSPS) is 18.3. The summed E-state index contributed by atoms with van der Waals surface area (Å²) in [6.45, 7) is 1.90. The molecule has 110 valence electrons. The number of nitrogens with one attached hydrogen (secondary N) is 1. The van der Waals surface area contributed by atoms with Gasteiger partial charge in [0, 0.05) is 42.5 Å². The highest BCUT2D eigenvalue weighted by Crippen LogP contribution is 2.34. The number of fused-ring (bicyclic) bond motifs is 1. The van der Waals surface area contributed by atoms with Crippen molar-refractivity contribution in [3.05, 3.63) is 40.6 Å². The minimum atomic E-state index is -0.367. The van der Waals surface area contributed by atoms with E-state index in [-0.39, 0.29) is 10.6 Å². The van der Waals surface area contributed by atoms with E-state index in [4.69, 9.17) is 0 Å². The van der Waals surface area contributed by atoms with Crippen molar-refractivity contribution in [3.63, 3.8) is 0 Å². The molecule has 1 unspecified atom stereocenters. The molecule has 3 rings (SSSR count). The first kappa shape index (κ1) is 13.8. The van der Waals surface area contributed by atoms with Crippen LogP contribution in [0, 0.1) is 10.1 Å². The van der Waals surface area contributed by atoms with Gasteiger partial charge >= 0.3 is 0 Å². The number of nitro benzene ring substituents is 1. The Bertz CT molecular complexity index is 674. The average molecular weight is 286 g/mol. The second-order valence-electron chi connectivity index (χ2n) is 5.31. The van der Waals surface area contributed by atoms with Crippen molar-refractivity contribution in [1.82, 2.24) is 10.3 Å². The fraction of sp³-hybridized carbons (Fsp3) is 0.400. The van der Waals surface area contributed by atoms with Gasteiger partial charge in [-0.15, -0.1) is 0 Å². The summed E-state index contributed by atoms with van der Waals surface area (Å²) in [5.74, 6) is 0. The van der Waals surface area contributed by atoms with E-state index in [0.29, 0.717) is 11.6 Å². The van der Waals surface area contributed by atoms with Gasteiger partial charge in [-0.1, -0.05) is 12.1 Å². The molecule has 1 saturated heterocycles. The summed E-state index contributed by atoms with van der Waals surface area (Å²) in [5.41, 5.74) is 1.58. The second-order valence-corrected chi connectivity index (χ2v) is 5.31. The first-order valence-electron chi connectivity index (χ1n) is 7.15. The lowest BCUT2D eigenvalue weighted by Crippen LogP contribution is -2.36. The molecule has 1 atom stereocenters. The number of aromatic nitrogens is 1. The molecule has 1 aliphatic heterocycles. The predicted molar refractivity (Wildman–Crippen MR) is 82.7 cm³/mol. The third kappa shape index (κ3) is 2.42. The molecule has 21 heavy (non-hydrogen) atoms. The molecular weight excluding hydrogens is 268 g/mol. The van der Waals surface area contributed by atoms with Gasteiger partial charge in [-0.2, -0.15) is 0 Å². The Hall–Kier alpha value is -2.21. The van der Waals surface area contributed by atoms with Crippen LogP contribution in [-0.4, -0.2) is 36.1 Å². The zero-order valence-corrected chi connectivity index (χ0v) is 12.0. The van der Waals surface area contributed by atoms with E-state index in [1.165, 1.54) is 6.07 Å². The highest BCUT2D eigenvalue weighted by molar-refractivity contribution is 5.96. The monoisotopic (exact) mass is 286 g/mol. The standard InChI is InChI=1S/C15H18N4O2/c1-16-10-11-4-3-9-18(11)13-7-8-17-15-12(13)5-2-6-14(15)19(20)21/h2,5-8,11,16H,3-4,9-10H2,1H3. The van der Waals surface area contributed by atoms with Crippen LogP contribution in [-0.2, 0) is 0 Å². The van der Waals surface area contributed by atoms with Gasteiger partial charge in [-0.25, -0.2) is 4.98 Å². The molecule has 1 N–H and O–H groups in total. The Balaban J connectivity index is 2.11. The minimum Gasteiger partial charge on any atom is -0.367 e. The van der Waals surface area contributed by atoms with Gasteiger partial charge in [0.15, 0.2) is 0 Å². The van der Waals surface area contributed by atoms with E-state index in [1.54, 1.807) is 12.3 Å². The van der Waals surface area contributed by atoms with Crippen molar-refractivity contribution in [2.45, 2.75) is 18.9 Å². The summed E-state index contributed by atoms with van der Waals surface area (Å²) in [6.07, 6.45) is 3.95. The minimum absolute atomic E-state index is 0.0683. The number of anilines is 1. The van der Waals surface area contributed by atoms with Crippen LogP contribution in [0.15, 0.2) is 30.5 Å². The van der Waals surface area contributed by atoms with Gasteiger partial charge in [-0.3, -0.25) is 10.1 Å². The summed E-state index contributed by atoms with van der Waals surface area (Å²) >= 11 is 0. The van der Waals surface area contributed by atoms with Crippen LogP contribution in [0.5, 0.6) is 0 Å². The molecule has 6 heteroatoms. The molecule has 0 bridgehead atoms. The molecule has 0 spiro atoms. The van der Waals surface area contributed by atoms with Crippen LogP contribution < -0.4 is 10.2 Å². The molecule has 2 aromatic rings. The molecule has 6 nitrogen and oxygen atoms in total. The first-order valence-corrected chi connectivity index (χ1v) is 7.15. The number of nitrogens with zero attached hydrogens (tertiary/aromatic N) is 3. The molecule has 1 aromatic heterocycles. The Labute approximate surface area is 122 Å². The number of para-hydroxylation sites is 1. The van der Waals surface area contributed by atoms with Crippen LogP contribution in [0.2, 0.25) is 0 Å². The third-order valence-electron chi connectivity index (χ3n) is 4.05. The third-order valence-corrected chi connectivity index (χ3v) is 4.05. The maximum absolute atomic E-state index is 11.2. The Morgan fingerprint density at radius 2 is 2.33 bits per heavy atom. The molecule has 0 saturated carbocycles. The average Bonchev–Trinajstić information content (AvgIpc) is 2.94. The van der Waals surface area contributed by atoms with E-state index >= 15 is 0 Å². The van der Waals surface area contributed by atoms with Crippen molar-refractivity contribution in [3.8, 4) is 0 Å². The summed E-state index contributed by atoms with van der Waals surface area (Å²) < 4.78 is 0. The topological polar surface area (TPSA) is 71.3 Å². The number of non-ortho nitro benzene ring substituents is 1. The van der Waals surface area contributed by atoms with E-state index in [2.05, 4.69) is 15.2 Å². The lowest BCUT2D eigenvalue weighted by atomic mass is 10.1. The summed E-state index contributed by atoms with van der Waals surface area (Å²) in [7, 11) is 1.95. The fourth-order valence-corrected chi connectivity index (χ4v) is 3.14. The van der Waals surface area contributed by atoms with Crippen molar-refractivity contribution in [1.29, 1.82) is 0 Å². The van der Waals surface area contributed by atoms with Crippen LogP contribution in [0.3, 0.4) is 0 Å². The van der Waals surface area contributed by atoms with Gasteiger partial charge in [-0.05, 0) is 26.0 Å². The Kier molecular flexibility index (Phi) is 3.70. The summed E-state index contributed by atoms with van der Waals surface area (Å²) in [5, 5.41) is 15.2. The molecule has 0 aliphatic carbocycles. The molecule has 0 radical (unpaired) electrons. The smallest absolute Gasteiger partial charge is 0.295 e. The SMILES string of the molecule is CNCC1CCCN1c1ccnc2c([N+](=O)[O-])cccc12. The molecule has 1 fully saturated rings. The lowest BCUT2D eigenvalue weighted by Gasteiger charge is -2.27. The summed E-state index contributed by atoms with van der Waals surface area (Å²) in [4.78, 5) is 17.3. The molecule has 1 aliphatic rings. The van der Waals surface area contributed by atoms with Gasteiger partial charge in [0.05, 0.1) is 4.92 Å². The van der Waals surface area contributed by atoms with Gasteiger partial charge in [0.1, 0.15) is 5.52 Å². The number of pyridine rings is 1. The van der Waals surface area contributed by atoms with Crippen LogP contribution in [0.4, 0.5) is 11.4 Å². The number of likely N-dealkylation sites (N-methyl/N-ethyl adjacent to an activating group) is 1. The zero-order chi connectivity index (χ0) is 14.8. The molecule has 1 aromatic carbocycles. The van der Waals surface area contributed by atoms with E-state index < -0.39 is 0 Å². The highest BCUT2D eigenvalue weighted by atomic mass is 16.6. The highest BCUT2D eigenvalue weighted by Gasteiger charge is 2.26. The van der Waals surface area contributed by atoms with Gasteiger partial charge in [0.2, 0.25) is 0 Å².